The van der Waals surface area contributed by atoms with E-state index in [0.717, 1.165) is 24.6 Å². The van der Waals surface area contributed by atoms with E-state index >= 15 is 0 Å². The van der Waals surface area contributed by atoms with Gasteiger partial charge < -0.3 is 14.8 Å². The maximum absolute atomic E-state index is 4.37. The molecule has 4 heteroatoms. The van der Waals surface area contributed by atoms with Crippen LogP contribution < -0.4 is 10.2 Å². The molecule has 1 fully saturated rings. The third-order valence-corrected chi connectivity index (χ3v) is 3.77. The maximum Gasteiger partial charge on any atom is 0.207 e. The number of imidazole rings is 1. The van der Waals surface area contributed by atoms with Gasteiger partial charge in [-0.25, -0.2) is 4.98 Å². The normalized spacial score (nSPS) is 14.8. The molecule has 2 heterocycles. The summed E-state index contributed by atoms with van der Waals surface area (Å²) in [5.74, 6) is 0.917. The van der Waals surface area contributed by atoms with E-state index in [1.807, 2.05) is 12.4 Å². The monoisotopic (exact) mass is 270 g/mol. The Labute approximate surface area is 120 Å². The summed E-state index contributed by atoms with van der Waals surface area (Å²) in [5.41, 5.74) is 2.42. The van der Waals surface area contributed by atoms with E-state index in [2.05, 4.69) is 51.0 Å². The van der Waals surface area contributed by atoms with Gasteiger partial charge in [-0.2, -0.15) is 0 Å². The largest absolute Gasteiger partial charge is 0.372 e. The molecule has 1 aliphatic heterocycles. The summed E-state index contributed by atoms with van der Waals surface area (Å²) < 4.78 is 2.15. The van der Waals surface area contributed by atoms with Crippen LogP contribution in [0.2, 0.25) is 0 Å². The Kier molecular flexibility index (Phi) is 3.90. The highest BCUT2D eigenvalue weighted by Crippen LogP contribution is 2.23. The predicted molar refractivity (Wildman–Crippen MR) is 83.7 cm³/mol. The molecule has 3 rings (SSSR count). The van der Waals surface area contributed by atoms with Crippen molar-refractivity contribution in [2.24, 2.45) is 0 Å². The van der Waals surface area contributed by atoms with Crippen LogP contribution in [-0.4, -0.2) is 22.6 Å². The predicted octanol–water partition coefficient (Wildman–Crippen LogP) is 3.64. The van der Waals surface area contributed by atoms with Crippen molar-refractivity contribution in [1.82, 2.24) is 9.55 Å². The van der Waals surface area contributed by atoms with Crippen molar-refractivity contribution in [2.45, 2.75) is 32.7 Å². The molecule has 1 aromatic carbocycles. The lowest BCUT2D eigenvalue weighted by molar-refractivity contribution is 0.686. The van der Waals surface area contributed by atoms with Crippen molar-refractivity contribution in [3.05, 3.63) is 36.7 Å². The molecule has 0 radical (unpaired) electrons. The second-order valence-corrected chi connectivity index (χ2v) is 5.31. The van der Waals surface area contributed by atoms with Gasteiger partial charge in [0.2, 0.25) is 5.95 Å². The Morgan fingerprint density at radius 3 is 2.60 bits per heavy atom. The van der Waals surface area contributed by atoms with Crippen LogP contribution in [0.1, 0.15) is 26.2 Å². The van der Waals surface area contributed by atoms with Crippen molar-refractivity contribution in [3.8, 4) is 0 Å². The second-order valence-electron chi connectivity index (χ2n) is 5.31. The first-order valence-corrected chi connectivity index (χ1v) is 7.50. The lowest BCUT2D eigenvalue weighted by Gasteiger charge is -2.18. The quantitative estimate of drug-likeness (QED) is 0.900. The van der Waals surface area contributed by atoms with Crippen LogP contribution in [0, 0.1) is 0 Å². The third kappa shape index (κ3) is 2.79. The minimum atomic E-state index is 0.917. The highest BCUT2D eigenvalue weighted by Gasteiger charge is 2.11. The van der Waals surface area contributed by atoms with Crippen molar-refractivity contribution in [1.29, 1.82) is 0 Å². The number of hydrogen-bond acceptors (Lipinski definition) is 3. The van der Waals surface area contributed by atoms with Crippen LogP contribution >= 0.6 is 0 Å². The zero-order chi connectivity index (χ0) is 13.8. The molecule has 106 valence electrons. The summed E-state index contributed by atoms with van der Waals surface area (Å²) in [5, 5.41) is 3.39. The number of benzene rings is 1. The van der Waals surface area contributed by atoms with Gasteiger partial charge in [0.1, 0.15) is 0 Å². The number of hydrogen-bond donors (Lipinski definition) is 1. The molecule has 0 saturated carbocycles. The molecule has 1 N–H and O–H groups in total. The van der Waals surface area contributed by atoms with Crippen LogP contribution in [0.4, 0.5) is 17.3 Å². The van der Waals surface area contributed by atoms with Gasteiger partial charge >= 0.3 is 0 Å². The van der Waals surface area contributed by atoms with Crippen molar-refractivity contribution >= 4 is 17.3 Å². The van der Waals surface area contributed by atoms with E-state index in [-0.39, 0.29) is 0 Å². The van der Waals surface area contributed by atoms with E-state index in [0.29, 0.717) is 0 Å². The minimum Gasteiger partial charge on any atom is -0.372 e. The number of nitrogens with zero attached hydrogens (tertiary/aromatic N) is 3. The Hall–Kier alpha value is -1.97. The molecule has 0 aliphatic carbocycles. The topological polar surface area (TPSA) is 33.1 Å². The number of aryl methyl sites for hydroxylation is 1. The second kappa shape index (κ2) is 5.99. The average Bonchev–Trinajstić information content (AvgIpc) is 3.13. The van der Waals surface area contributed by atoms with E-state index in [1.165, 1.54) is 31.6 Å². The number of anilines is 3. The summed E-state index contributed by atoms with van der Waals surface area (Å²) in [7, 11) is 0. The number of rotatable bonds is 5. The van der Waals surface area contributed by atoms with Gasteiger partial charge in [-0.05, 0) is 43.5 Å². The van der Waals surface area contributed by atoms with E-state index in [4.69, 9.17) is 0 Å². The molecule has 0 amide bonds. The number of nitrogens with one attached hydrogen (secondary N) is 1. The van der Waals surface area contributed by atoms with Gasteiger partial charge in [-0.15, -0.1) is 0 Å². The van der Waals surface area contributed by atoms with Gasteiger partial charge in [0.15, 0.2) is 0 Å². The molecular formula is C16H22N4. The van der Waals surface area contributed by atoms with Gasteiger partial charge in [0.25, 0.3) is 0 Å². The molecule has 4 nitrogen and oxygen atoms in total. The highest BCUT2D eigenvalue weighted by molar-refractivity contribution is 5.59. The fraction of sp³-hybridized carbons (Fsp3) is 0.438. The first kappa shape index (κ1) is 13.0. The molecule has 0 unspecified atom stereocenters. The summed E-state index contributed by atoms with van der Waals surface area (Å²) in [4.78, 5) is 6.82. The Morgan fingerprint density at radius 2 is 1.90 bits per heavy atom. The highest BCUT2D eigenvalue weighted by atomic mass is 15.2. The van der Waals surface area contributed by atoms with Crippen molar-refractivity contribution in [3.63, 3.8) is 0 Å². The summed E-state index contributed by atoms with van der Waals surface area (Å²) in [6.07, 6.45) is 7.60. The van der Waals surface area contributed by atoms with Gasteiger partial charge in [-0.1, -0.05) is 6.92 Å². The molecule has 1 aromatic heterocycles. The SMILES string of the molecule is CCCn1ccnc1Nc1ccc(N2CCCC2)cc1. The zero-order valence-electron chi connectivity index (χ0n) is 12.0. The molecule has 1 aliphatic rings. The fourth-order valence-corrected chi connectivity index (χ4v) is 2.71. The van der Waals surface area contributed by atoms with E-state index < -0.39 is 0 Å². The standard InChI is InChI=1S/C16H22N4/c1-2-10-20-13-9-17-16(20)18-14-5-7-15(8-6-14)19-11-3-4-12-19/h5-9,13H,2-4,10-12H2,1H3,(H,17,18). The molecular weight excluding hydrogens is 248 g/mol. The van der Waals surface area contributed by atoms with E-state index in [9.17, 15) is 0 Å². The van der Waals surface area contributed by atoms with Crippen LogP contribution in [0.25, 0.3) is 0 Å². The average molecular weight is 270 g/mol. The Balaban J connectivity index is 1.69. The first-order valence-electron chi connectivity index (χ1n) is 7.50. The smallest absolute Gasteiger partial charge is 0.207 e. The lowest BCUT2D eigenvalue weighted by atomic mass is 10.2. The van der Waals surface area contributed by atoms with E-state index in [1.54, 1.807) is 0 Å². The molecule has 20 heavy (non-hydrogen) atoms. The zero-order valence-corrected chi connectivity index (χ0v) is 12.0. The maximum atomic E-state index is 4.37. The van der Waals surface area contributed by atoms with Crippen molar-refractivity contribution < 1.29 is 0 Å². The van der Waals surface area contributed by atoms with Gasteiger partial charge in [0, 0.05) is 43.4 Å². The number of aromatic nitrogens is 2. The summed E-state index contributed by atoms with van der Waals surface area (Å²) >= 11 is 0. The first-order chi connectivity index (χ1) is 9.86. The molecule has 1 saturated heterocycles. The summed E-state index contributed by atoms with van der Waals surface area (Å²) in [6, 6.07) is 8.67. The summed E-state index contributed by atoms with van der Waals surface area (Å²) in [6.45, 7) is 5.55. The molecule has 0 atom stereocenters. The van der Waals surface area contributed by atoms with Gasteiger partial charge in [-0.3, -0.25) is 0 Å². The lowest BCUT2D eigenvalue weighted by Crippen LogP contribution is -2.17. The van der Waals surface area contributed by atoms with Gasteiger partial charge in [0.05, 0.1) is 0 Å². The fourth-order valence-electron chi connectivity index (χ4n) is 2.71. The van der Waals surface area contributed by atoms with Crippen LogP contribution in [0.5, 0.6) is 0 Å². The van der Waals surface area contributed by atoms with Crippen LogP contribution in [0.3, 0.4) is 0 Å². The van der Waals surface area contributed by atoms with Crippen molar-refractivity contribution in [2.75, 3.05) is 23.3 Å². The Bertz CT molecular complexity index is 538. The van der Waals surface area contributed by atoms with Crippen LogP contribution in [0.15, 0.2) is 36.7 Å². The van der Waals surface area contributed by atoms with Crippen LogP contribution in [-0.2, 0) is 6.54 Å². The molecule has 2 aromatic rings. The third-order valence-electron chi connectivity index (χ3n) is 3.77. The minimum absolute atomic E-state index is 0.917. The Morgan fingerprint density at radius 1 is 1.15 bits per heavy atom. The molecule has 0 spiro atoms. The molecule has 0 bridgehead atoms.